The van der Waals surface area contributed by atoms with Gasteiger partial charge >= 0.3 is 0 Å². The maximum Gasteiger partial charge on any atom is -0.00979 e. The molecule has 0 nitrogen and oxygen atoms in total. The van der Waals surface area contributed by atoms with Crippen molar-refractivity contribution < 1.29 is 0 Å². The highest BCUT2D eigenvalue weighted by Crippen LogP contribution is 2.11. The van der Waals surface area contributed by atoms with Crippen molar-refractivity contribution in [2.75, 3.05) is 5.75 Å². The van der Waals surface area contributed by atoms with Crippen molar-refractivity contribution in [3.05, 3.63) is 0 Å². The van der Waals surface area contributed by atoms with Crippen LogP contribution in [0.3, 0.4) is 0 Å². The van der Waals surface area contributed by atoms with Crippen molar-refractivity contribution in [2.24, 2.45) is 5.92 Å². The first-order valence-electron chi connectivity index (χ1n) is 5.38. The lowest BCUT2D eigenvalue weighted by atomic mass is 10.0. The molecule has 0 saturated heterocycles. The van der Waals surface area contributed by atoms with Crippen LogP contribution in [0.4, 0.5) is 0 Å². The molecule has 74 valence electrons. The Morgan fingerprint density at radius 1 is 0.833 bits per heavy atom. The van der Waals surface area contributed by atoms with Gasteiger partial charge < -0.3 is 0 Å². The lowest BCUT2D eigenvalue weighted by Crippen LogP contribution is -1.87. The number of thiol groups is 1. The standard InChI is InChI=1S/C11H24S/c1-11(2)9-7-5-3-4-6-8-10-12/h11-12H,3-10H2,1-2H3. The van der Waals surface area contributed by atoms with E-state index in [1.54, 1.807) is 0 Å². The highest BCUT2D eigenvalue weighted by Gasteiger charge is 1.93. The van der Waals surface area contributed by atoms with Crippen molar-refractivity contribution in [3.8, 4) is 0 Å². The normalized spacial score (nSPS) is 11.0. The molecule has 0 atom stereocenters. The molecule has 0 aromatic carbocycles. The second-order valence-corrected chi connectivity index (χ2v) is 4.47. The van der Waals surface area contributed by atoms with Gasteiger partial charge in [0.15, 0.2) is 0 Å². The average Bonchev–Trinajstić information content (AvgIpc) is 2.02. The van der Waals surface area contributed by atoms with E-state index in [1.165, 1.54) is 44.9 Å². The second kappa shape index (κ2) is 9.44. The first-order valence-corrected chi connectivity index (χ1v) is 6.01. The Morgan fingerprint density at radius 2 is 1.33 bits per heavy atom. The minimum absolute atomic E-state index is 0.891. The number of hydrogen-bond donors (Lipinski definition) is 1. The Bertz CT molecular complexity index is 79.1. The zero-order chi connectivity index (χ0) is 9.23. The molecule has 0 amide bonds. The van der Waals surface area contributed by atoms with Crippen LogP contribution in [0, 0.1) is 5.92 Å². The summed E-state index contributed by atoms with van der Waals surface area (Å²) in [6, 6.07) is 0. The van der Waals surface area contributed by atoms with Gasteiger partial charge in [-0.3, -0.25) is 0 Å². The summed E-state index contributed by atoms with van der Waals surface area (Å²) in [5.74, 6) is 1.95. The quantitative estimate of drug-likeness (QED) is 0.426. The van der Waals surface area contributed by atoms with Gasteiger partial charge in [-0.1, -0.05) is 52.4 Å². The van der Waals surface area contributed by atoms with Crippen LogP contribution in [0.15, 0.2) is 0 Å². The number of rotatable bonds is 8. The van der Waals surface area contributed by atoms with E-state index in [-0.39, 0.29) is 0 Å². The van der Waals surface area contributed by atoms with E-state index in [1.807, 2.05) is 0 Å². The molecule has 0 rings (SSSR count). The van der Waals surface area contributed by atoms with E-state index in [0.717, 1.165) is 11.7 Å². The third-order valence-corrected chi connectivity index (χ3v) is 2.51. The summed E-state index contributed by atoms with van der Waals surface area (Å²) in [7, 11) is 0. The second-order valence-electron chi connectivity index (χ2n) is 4.03. The predicted molar refractivity (Wildman–Crippen MR) is 61.0 cm³/mol. The molecule has 0 heterocycles. The molecule has 0 fully saturated rings. The van der Waals surface area contributed by atoms with Crippen LogP contribution < -0.4 is 0 Å². The highest BCUT2D eigenvalue weighted by molar-refractivity contribution is 7.80. The van der Waals surface area contributed by atoms with Gasteiger partial charge in [0.25, 0.3) is 0 Å². The molecule has 0 aliphatic carbocycles. The topological polar surface area (TPSA) is 0 Å². The molecule has 0 saturated carbocycles. The van der Waals surface area contributed by atoms with Crippen molar-refractivity contribution >= 4 is 12.6 Å². The van der Waals surface area contributed by atoms with Crippen LogP contribution in [0.2, 0.25) is 0 Å². The minimum atomic E-state index is 0.891. The minimum Gasteiger partial charge on any atom is -0.179 e. The van der Waals surface area contributed by atoms with Crippen molar-refractivity contribution in [3.63, 3.8) is 0 Å². The lowest BCUT2D eigenvalue weighted by molar-refractivity contribution is 0.514. The molecular formula is C11H24S. The van der Waals surface area contributed by atoms with Gasteiger partial charge in [0.05, 0.1) is 0 Å². The Kier molecular flexibility index (Phi) is 9.71. The van der Waals surface area contributed by atoms with Gasteiger partial charge in [-0.05, 0) is 18.1 Å². The summed E-state index contributed by atoms with van der Waals surface area (Å²) in [5.41, 5.74) is 0. The molecule has 0 aliphatic heterocycles. The zero-order valence-corrected chi connectivity index (χ0v) is 9.58. The van der Waals surface area contributed by atoms with E-state index in [9.17, 15) is 0 Å². The van der Waals surface area contributed by atoms with Gasteiger partial charge in [0, 0.05) is 0 Å². The van der Waals surface area contributed by atoms with Gasteiger partial charge in [0.2, 0.25) is 0 Å². The Labute approximate surface area is 83.5 Å². The lowest BCUT2D eigenvalue weighted by Gasteiger charge is -2.03. The van der Waals surface area contributed by atoms with Crippen LogP contribution in [-0.2, 0) is 0 Å². The maximum absolute atomic E-state index is 4.19. The van der Waals surface area contributed by atoms with Gasteiger partial charge in [-0.2, -0.15) is 12.6 Å². The van der Waals surface area contributed by atoms with E-state index in [4.69, 9.17) is 0 Å². The van der Waals surface area contributed by atoms with Crippen LogP contribution in [0.1, 0.15) is 58.8 Å². The van der Waals surface area contributed by atoms with E-state index in [0.29, 0.717) is 0 Å². The molecular weight excluding hydrogens is 164 g/mol. The first kappa shape index (κ1) is 12.3. The SMILES string of the molecule is CC(C)CCCCCCCCS. The van der Waals surface area contributed by atoms with Crippen molar-refractivity contribution in [1.82, 2.24) is 0 Å². The fourth-order valence-electron chi connectivity index (χ4n) is 1.37. The van der Waals surface area contributed by atoms with E-state index in [2.05, 4.69) is 26.5 Å². The summed E-state index contributed by atoms with van der Waals surface area (Å²) < 4.78 is 0. The van der Waals surface area contributed by atoms with E-state index < -0.39 is 0 Å². The molecule has 0 radical (unpaired) electrons. The third-order valence-electron chi connectivity index (χ3n) is 2.19. The third kappa shape index (κ3) is 10.3. The van der Waals surface area contributed by atoms with Crippen LogP contribution in [-0.4, -0.2) is 5.75 Å². The summed E-state index contributed by atoms with van der Waals surface area (Å²) >= 11 is 4.19. The molecule has 0 aromatic heterocycles. The fraction of sp³-hybridized carbons (Fsp3) is 1.00. The maximum atomic E-state index is 4.19. The molecule has 1 heteroatoms. The van der Waals surface area contributed by atoms with Crippen LogP contribution in [0.5, 0.6) is 0 Å². The molecule has 0 aromatic rings. The largest absolute Gasteiger partial charge is 0.179 e. The number of unbranched alkanes of at least 4 members (excludes halogenated alkanes) is 5. The van der Waals surface area contributed by atoms with E-state index >= 15 is 0 Å². The predicted octanol–water partition coefficient (Wildman–Crippen LogP) is 4.30. The molecule has 12 heavy (non-hydrogen) atoms. The highest BCUT2D eigenvalue weighted by atomic mass is 32.1. The first-order chi connectivity index (χ1) is 5.77. The molecule has 0 bridgehead atoms. The van der Waals surface area contributed by atoms with Crippen LogP contribution in [0.25, 0.3) is 0 Å². The molecule has 0 aliphatic rings. The Balaban J connectivity index is 2.82. The molecule has 0 spiro atoms. The van der Waals surface area contributed by atoms with Crippen molar-refractivity contribution in [2.45, 2.75) is 58.8 Å². The Hall–Kier alpha value is 0.350. The smallest absolute Gasteiger partial charge is 0.00979 e. The summed E-state index contributed by atoms with van der Waals surface area (Å²) in [6.45, 7) is 4.61. The van der Waals surface area contributed by atoms with Gasteiger partial charge in [-0.25, -0.2) is 0 Å². The average molecular weight is 188 g/mol. The monoisotopic (exact) mass is 188 g/mol. The van der Waals surface area contributed by atoms with Gasteiger partial charge in [0.1, 0.15) is 0 Å². The number of hydrogen-bond acceptors (Lipinski definition) is 1. The Morgan fingerprint density at radius 3 is 1.83 bits per heavy atom. The summed E-state index contributed by atoms with van der Waals surface area (Å²) in [6.07, 6.45) is 9.80. The summed E-state index contributed by atoms with van der Waals surface area (Å²) in [5, 5.41) is 0. The zero-order valence-electron chi connectivity index (χ0n) is 8.68. The summed E-state index contributed by atoms with van der Waals surface area (Å²) in [4.78, 5) is 0. The molecule has 0 N–H and O–H groups in total. The molecule has 0 unspecified atom stereocenters. The van der Waals surface area contributed by atoms with Crippen LogP contribution >= 0.6 is 12.6 Å². The van der Waals surface area contributed by atoms with Gasteiger partial charge in [-0.15, -0.1) is 0 Å². The van der Waals surface area contributed by atoms with Crippen molar-refractivity contribution in [1.29, 1.82) is 0 Å². The fourth-order valence-corrected chi connectivity index (χ4v) is 1.60.